The number of ether oxygens (including phenoxy) is 1. The van der Waals surface area contributed by atoms with Crippen molar-refractivity contribution in [1.29, 1.82) is 0 Å². The lowest BCUT2D eigenvalue weighted by atomic mass is 10.1. The molecule has 0 fully saturated rings. The van der Waals surface area contributed by atoms with Crippen LogP contribution in [0.15, 0.2) is 48.5 Å². The summed E-state index contributed by atoms with van der Waals surface area (Å²) in [6.45, 7) is 0.326. The maximum absolute atomic E-state index is 12.6. The third-order valence-corrected chi connectivity index (χ3v) is 4.56. The molecule has 29 heavy (non-hydrogen) atoms. The van der Waals surface area contributed by atoms with Gasteiger partial charge in [0, 0.05) is 32.4 Å². The minimum Gasteiger partial charge on any atom is -0.477 e. The molecule has 0 saturated carbocycles. The molecule has 8 heteroatoms. The number of benzene rings is 2. The van der Waals surface area contributed by atoms with Gasteiger partial charge >= 0.3 is 0 Å². The summed E-state index contributed by atoms with van der Waals surface area (Å²) in [6, 6.07) is 14.0. The lowest BCUT2D eigenvalue weighted by Gasteiger charge is -2.34. The van der Waals surface area contributed by atoms with E-state index >= 15 is 0 Å². The topological polar surface area (TPSA) is 91.0 Å². The molecule has 8 nitrogen and oxygen atoms in total. The van der Waals surface area contributed by atoms with Gasteiger partial charge in [-0.1, -0.05) is 12.1 Å². The molecule has 0 unspecified atom stereocenters. The van der Waals surface area contributed by atoms with Crippen molar-refractivity contribution < 1.29 is 19.1 Å². The fraction of sp³-hybridized carbons (Fsp3) is 0.286. The highest BCUT2D eigenvalue weighted by Crippen LogP contribution is 2.32. The smallest absolute Gasteiger partial charge is 0.262 e. The van der Waals surface area contributed by atoms with Gasteiger partial charge in [-0.25, -0.2) is 0 Å². The molecule has 2 aromatic rings. The first-order valence-electron chi connectivity index (χ1n) is 9.23. The number of para-hydroxylation sites is 2. The lowest BCUT2D eigenvalue weighted by Crippen LogP contribution is -2.50. The van der Waals surface area contributed by atoms with Gasteiger partial charge in [0.25, 0.3) is 11.8 Å². The second-order valence-corrected chi connectivity index (χ2v) is 6.89. The number of carbonyl (C=O) groups excluding carboxylic acids is 3. The predicted molar refractivity (Wildman–Crippen MR) is 110 cm³/mol. The van der Waals surface area contributed by atoms with Crippen LogP contribution < -0.4 is 20.3 Å². The standard InChI is InChI=1S/C21H24N4O4/c1-22-20(27)18-12-25(16-6-4-5-7-17(16)29-18)13-19(26)23-15-10-8-14(9-11-15)21(28)24(2)3/h4-11,18H,12-13H2,1-3H3,(H,22,27)(H,23,26)/t18-/m1/s1. The second kappa shape index (κ2) is 8.64. The fourth-order valence-electron chi connectivity index (χ4n) is 3.08. The molecule has 1 aliphatic heterocycles. The van der Waals surface area contributed by atoms with Crippen LogP contribution in [0, 0.1) is 0 Å². The van der Waals surface area contributed by atoms with Gasteiger partial charge in [0.15, 0.2) is 6.10 Å². The Morgan fingerprint density at radius 3 is 2.45 bits per heavy atom. The molecule has 3 rings (SSSR count). The van der Waals surface area contributed by atoms with Crippen molar-refractivity contribution in [2.75, 3.05) is 44.4 Å². The Kier molecular flexibility index (Phi) is 6.01. The van der Waals surface area contributed by atoms with Gasteiger partial charge < -0.3 is 25.2 Å². The van der Waals surface area contributed by atoms with Crippen LogP contribution in [0.5, 0.6) is 5.75 Å². The van der Waals surface area contributed by atoms with E-state index < -0.39 is 6.10 Å². The van der Waals surface area contributed by atoms with E-state index in [2.05, 4.69) is 10.6 Å². The minimum atomic E-state index is -0.695. The summed E-state index contributed by atoms with van der Waals surface area (Å²) in [5, 5.41) is 5.41. The summed E-state index contributed by atoms with van der Waals surface area (Å²) in [5.41, 5.74) is 1.90. The maximum Gasteiger partial charge on any atom is 0.262 e. The summed E-state index contributed by atoms with van der Waals surface area (Å²) in [4.78, 5) is 39.9. The van der Waals surface area contributed by atoms with Crippen LogP contribution in [-0.2, 0) is 9.59 Å². The zero-order valence-electron chi connectivity index (χ0n) is 16.6. The van der Waals surface area contributed by atoms with Crippen molar-refractivity contribution in [2.45, 2.75) is 6.10 Å². The molecule has 0 bridgehead atoms. The second-order valence-electron chi connectivity index (χ2n) is 6.89. The van der Waals surface area contributed by atoms with Crippen LogP contribution >= 0.6 is 0 Å². The van der Waals surface area contributed by atoms with Gasteiger partial charge in [0.2, 0.25) is 5.91 Å². The summed E-state index contributed by atoms with van der Waals surface area (Å²) in [7, 11) is 4.92. The average Bonchev–Trinajstić information content (AvgIpc) is 2.72. The van der Waals surface area contributed by atoms with Crippen molar-refractivity contribution in [1.82, 2.24) is 10.2 Å². The monoisotopic (exact) mass is 396 g/mol. The molecule has 2 N–H and O–H groups in total. The number of nitrogens with one attached hydrogen (secondary N) is 2. The maximum atomic E-state index is 12.6. The molecule has 0 aromatic heterocycles. The van der Waals surface area contributed by atoms with E-state index in [9.17, 15) is 14.4 Å². The molecule has 0 spiro atoms. The number of rotatable bonds is 5. The van der Waals surface area contributed by atoms with E-state index in [0.29, 0.717) is 17.0 Å². The number of hydrogen-bond donors (Lipinski definition) is 2. The number of amides is 3. The van der Waals surface area contributed by atoms with Crippen LogP contribution in [0.3, 0.4) is 0 Å². The summed E-state index contributed by atoms with van der Waals surface area (Å²) in [6.07, 6.45) is -0.695. The molecule has 0 saturated heterocycles. The minimum absolute atomic E-state index is 0.0618. The Hall–Kier alpha value is -3.55. The van der Waals surface area contributed by atoms with Crippen LogP contribution in [0.1, 0.15) is 10.4 Å². The number of anilines is 2. The molecule has 0 radical (unpaired) electrons. The van der Waals surface area contributed by atoms with E-state index in [1.165, 1.54) is 4.90 Å². The van der Waals surface area contributed by atoms with Gasteiger partial charge in [0.05, 0.1) is 18.8 Å². The van der Waals surface area contributed by atoms with Gasteiger partial charge in [-0.3, -0.25) is 14.4 Å². The first-order valence-corrected chi connectivity index (χ1v) is 9.23. The Morgan fingerprint density at radius 2 is 1.79 bits per heavy atom. The van der Waals surface area contributed by atoms with Crippen LogP contribution in [0.2, 0.25) is 0 Å². The number of likely N-dealkylation sites (N-methyl/N-ethyl adjacent to an activating group) is 1. The Labute approximate surface area is 169 Å². The van der Waals surface area contributed by atoms with Crippen LogP contribution in [-0.4, -0.2) is 63.0 Å². The van der Waals surface area contributed by atoms with Gasteiger partial charge in [-0.05, 0) is 36.4 Å². The first-order chi connectivity index (χ1) is 13.9. The Bertz CT molecular complexity index is 911. The molecule has 0 aliphatic carbocycles. The summed E-state index contributed by atoms with van der Waals surface area (Å²) in [5.74, 6) is -0.0187. The molecule has 1 aliphatic rings. The zero-order valence-corrected chi connectivity index (χ0v) is 16.6. The highest BCUT2D eigenvalue weighted by atomic mass is 16.5. The number of fused-ring (bicyclic) bond motifs is 1. The van der Waals surface area contributed by atoms with E-state index in [1.807, 2.05) is 23.1 Å². The van der Waals surface area contributed by atoms with Crippen molar-refractivity contribution >= 4 is 29.1 Å². The lowest BCUT2D eigenvalue weighted by molar-refractivity contribution is -0.127. The first kappa shape index (κ1) is 20.2. The van der Waals surface area contributed by atoms with E-state index in [4.69, 9.17) is 4.74 Å². The van der Waals surface area contributed by atoms with E-state index in [1.54, 1.807) is 51.5 Å². The van der Waals surface area contributed by atoms with Crippen molar-refractivity contribution in [3.63, 3.8) is 0 Å². The molecular formula is C21H24N4O4. The van der Waals surface area contributed by atoms with Crippen molar-refractivity contribution in [3.05, 3.63) is 54.1 Å². The quantitative estimate of drug-likeness (QED) is 0.796. The zero-order chi connectivity index (χ0) is 21.0. The van der Waals surface area contributed by atoms with Crippen LogP contribution in [0.4, 0.5) is 11.4 Å². The Morgan fingerprint density at radius 1 is 1.10 bits per heavy atom. The number of hydrogen-bond acceptors (Lipinski definition) is 5. The third-order valence-electron chi connectivity index (χ3n) is 4.56. The molecule has 2 aromatic carbocycles. The molecule has 1 heterocycles. The van der Waals surface area contributed by atoms with Crippen molar-refractivity contribution in [3.8, 4) is 5.75 Å². The fourth-order valence-corrected chi connectivity index (χ4v) is 3.08. The predicted octanol–water partition coefficient (Wildman–Crippen LogP) is 1.34. The average molecular weight is 396 g/mol. The summed E-state index contributed by atoms with van der Waals surface area (Å²) < 4.78 is 5.75. The van der Waals surface area contributed by atoms with Gasteiger partial charge in [0.1, 0.15) is 5.75 Å². The molecule has 3 amide bonds. The van der Waals surface area contributed by atoms with Gasteiger partial charge in [-0.15, -0.1) is 0 Å². The molecular weight excluding hydrogens is 372 g/mol. The van der Waals surface area contributed by atoms with Crippen LogP contribution in [0.25, 0.3) is 0 Å². The highest BCUT2D eigenvalue weighted by molar-refractivity contribution is 5.97. The number of nitrogens with zero attached hydrogens (tertiary/aromatic N) is 2. The third kappa shape index (κ3) is 4.66. The SMILES string of the molecule is CNC(=O)[C@H]1CN(CC(=O)Nc2ccc(C(=O)N(C)C)cc2)c2ccccc2O1. The molecule has 152 valence electrons. The Balaban J connectivity index is 1.69. The van der Waals surface area contributed by atoms with E-state index in [0.717, 1.165) is 5.69 Å². The largest absolute Gasteiger partial charge is 0.477 e. The van der Waals surface area contributed by atoms with Gasteiger partial charge in [-0.2, -0.15) is 0 Å². The van der Waals surface area contributed by atoms with E-state index in [-0.39, 0.29) is 30.8 Å². The normalized spacial score (nSPS) is 15.0. The number of carbonyl (C=O) groups is 3. The highest BCUT2D eigenvalue weighted by Gasteiger charge is 2.31. The molecule has 1 atom stereocenters. The summed E-state index contributed by atoms with van der Waals surface area (Å²) >= 11 is 0. The van der Waals surface area contributed by atoms with Crippen molar-refractivity contribution in [2.24, 2.45) is 0 Å².